The highest BCUT2D eigenvalue weighted by Gasteiger charge is 2.27. The van der Waals surface area contributed by atoms with E-state index in [0.717, 1.165) is 11.8 Å². The van der Waals surface area contributed by atoms with E-state index < -0.39 is 0 Å². The van der Waals surface area contributed by atoms with Crippen molar-refractivity contribution in [3.63, 3.8) is 0 Å². The van der Waals surface area contributed by atoms with Gasteiger partial charge in [0.1, 0.15) is 3.53 Å². The molecule has 2 rings (SSSR count). The van der Waals surface area contributed by atoms with Gasteiger partial charge in [-0.25, -0.2) is 0 Å². The molecule has 0 aromatic heterocycles. The Morgan fingerprint density at radius 1 is 0.923 bits per heavy atom. The van der Waals surface area contributed by atoms with Crippen LogP contribution in [0.25, 0.3) is 0 Å². The number of hydrogen-bond acceptors (Lipinski definition) is 3. The fraction of sp³-hybridized carbons (Fsp3) is 0.900. The summed E-state index contributed by atoms with van der Waals surface area (Å²) in [5.74, 6) is 4.59. The van der Waals surface area contributed by atoms with Crippen LogP contribution >= 0.6 is 35.7 Å². The molecule has 74 valence electrons. The molecule has 0 nitrogen and oxygen atoms in total. The lowest BCUT2D eigenvalue weighted by molar-refractivity contribution is 0.286. The normalized spacial score (nSPS) is 27.8. The van der Waals surface area contributed by atoms with E-state index in [1.54, 1.807) is 0 Å². The molecule has 0 radical (unpaired) electrons. The largest absolute Gasteiger partial charge is 0.107 e. The smallest absolute Gasteiger partial charge is 0.104 e. The van der Waals surface area contributed by atoms with E-state index in [0.29, 0.717) is 0 Å². The first-order valence-electron chi connectivity index (χ1n) is 5.16. The highest BCUT2D eigenvalue weighted by atomic mass is 32.2. The molecule has 2 fully saturated rings. The van der Waals surface area contributed by atoms with E-state index in [1.807, 2.05) is 23.5 Å². The van der Waals surface area contributed by atoms with Crippen LogP contribution in [0.4, 0.5) is 0 Å². The standard InChI is InChI=1S/C10H16S3/c11-10-12-6-9(7-13-10)8-4-2-1-3-5-8/h8-9H,1-7H2. The summed E-state index contributed by atoms with van der Waals surface area (Å²) in [5, 5.41) is 0. The number of thiocarbonyl (C=S) groups is 1. The molecule has 0 spiro atoms. The molecule has 1 saturated carbocycles. The Kier molecular flexibility index (Phi) is 3.99. The third kappa shape index (κ3) is 2.87. The summed E-state index contributed by atoms with van der Waals surface area (Å²) in [6, 6.07) is 0. The lowest BCUT2D eigenvalue weighted by atomic mass is 9.81. The Labute approximate surface area is 94.6 Å². The van der Waals surface area contributed by atoms with Gasteiger partial charge in [-0.15, -0.1) is 23.5 Å². The molecule has 0 aromatic rings. The van der Waals surface area contributed by atoms with Crippen LogP contribution in [0, 0.1) is 11.8 Å². The summed E-state index contributed by atoms with van der Waals surface area (Å²) in [6.45, 7) is 0. The van der Waals surface area contributed by atoms with Crippen LogP contribution in [0.3, 0.4) is 0 Å². The van der Waals surface area contributed by atoms with Crippen molar-refractivity contribution in [2.24, 2.45) is 11.8 Å². The van der Waals surface area contributed by atoms with Crippen LogP contribution in [0.15, 0.2) is 0 Å². The average molecular weight is 232 g/mol. The molecule has 0 atom stereocenters. The van der Waals surface area contributed by atoms with Crippen molar-refractivity contribution in [3.05, 3.63) is 0 Å². The van der Waals surface area contributed by atoms with Gasteiger partial charge in [-0.1, -0.05) is 44.3 Å². The first-order chi connectivity index (χ1) is 6.36. The summed E-state index contributed by atoms with van der Waals surface area (Å²) in [4.78, 5) is 0. The van der Waals surface area contributed by atoms with Gasteiger partial charge >= 0.3 is 0 Å². The molecule has 1 aliphatic heterocycles. The van der Waals surface area contributed by atoms with Crippen molar-refractivity contribution >= 4 is 39.3 Å². The van der Waals surface area contributed by atoms with Gasteiger partial charge in [-0.3, -0.25) is 0 Å². The van der Waals surface area contributed by atoms with Gasteiger partial charge in [0.25, 0.3) is 0 Å². The minimum absolute atomic E-state index is 0.960. The van der Waals surface area contributed by atoms with E-state index in [-0.39, 0.29) is 0 Å². The predicted octanol–water partition coefficient (Wildman–Crippen LogP) is 3.95. The van der Waals surface area contributed by atoms with E-state index >= 15 is 0 Å². The Balaban J connectivity index is 1.82. The Morgan fingerprint density at radius 3 is 2.15 bits per heavy atom. The van der Waals surface area contributed by atoms with Crippen molar-refractivity contribution in [2.75, 3.05) is 11.5 Å². The van der Waals surface area contributed by atoms with E-state index in [1.165, 1.54) is 47.1 Å². The number of hydrogen-bond donors (Lipinski definition) is 0. The summed E-state index contributed by atoms with van der Waals surface area (Å²) in [6.07, 6.45) is 7.39. The summed E-state index contributed by atoms with van der Waals surface area (Å²) < 4.78 is 1.17. The van der Waals surface area contributed by atoms with Gasteiger partial charge in [0.2, 0.25) is 0 Å². The molecule has 0 unspecified atom stereocenters. The van der Waals surface area contributed by atoms with E-state index in [4.69, 9.17) is 12.2 Å². The van der Waals surface area contributed by atoms with Crippen LogP contribution in [-0.4, -0.2) is 15.0 Å². The van der Waals surface area contributed by atoms with Crippen molar-refractivity contribution < 1.29 is 0 Å². The van der Waals surface area contributed by atoms with Gasteiger partial charge in [0, 0.05) is 11.5 Å². The van der Waals surface area contributed by atoms with Gasteiger partial charge in [-0.2, -0.15) is 0 Å². The molecule has 0 aromatic carbocycles. The fourth-order valence-corrected chi connectivity index (χ4v) is 5.10. The third-order valence-corrected chi connectivity index (χ3v) is 6.22. The highest BCUT2D eigenvalue weighted by molar-refractivity contribution is 8.47. The average Bonchev–Trinajstić information content (AvgIpc) is 2.20. The van der Waals surface area contributed by atoms with Gasteiger partial charge in [0.05, 0.1) is 0 Å². The first-order valence-corrected chi connectivity index (χ1v) is 7.54. The predicted molar refractivity (Wildman–Crippen MR) is 67.6 cm³/mol. The minimum Gasteiger partial charge on any atom is -0.107 e. The first kappa shape index (κ1) is 10.3. The Morgan fingerprint density at radius 2 is 1.54 bits per heavy atom. The highest BCUT2D eigenvalue weighted by Crippen LogP contribution is 2.38. The minimum atomic E-state index is 0.960. The molecule has 3 heteroatoms. The van der Waals surface area contributed by atoms with Crippen molar-refractivity contribution in [3.8, 4) is 0 Å². The van der Waals surface area contributed by atoms with Crippen LogP contribution < -0.4 is 0 Å². The number of thioether (sulfide) groups is 2. The molecule has 0 bridgehead atoms. The van der Waals surface area contributed by atoms with Crippen LogP contribution in [0.2, 0.25) is 0 Å². The quantitative estimate of drug-likeness (QED) is 0.628. The maximum absolute atomic E-state index is 5.19. The molecule has 13 heavy (non-hydrogen) atoms. The molecule has 1 aliphatic carbocycles. The summed E-state index contributed by atoms with van der Waals surface area (Å²) in [5.41, 5.74) is 0. The van der Waals surface area contributed by atoms with E-state index in [2.05, 4.69) is 0 Å². The number of rotatable bonds is 1. The second-order valence-corrected chi connectivity index (χ2v) is 7.27. The second kappa shape index (κ2) is 5.04. The zero-order valence-corrected chi connectivity index (χ0v) is 10.3. The second-order valence-electron chi connectivity index (χ2n) is 4.03. The van der Waals surface area contributed by atoms with Crippen LogP contribution in [0.5, 0.6) is 0 Å². The van der Waals surface area contributed by atoms with Crippen LogP contribution in [-0.2, 0) is 0 Å². The fourth-order valence-electron chi connectivity index (χ4n) is 2.32. The summed E-state index contributed by atoms with van der Waals surface area (Å²) in [7, 11) is 0. The molecule has 2 aliphatic rings. The molecular weight excluding hydrogens is 216 g/mol. The van der Waals surface area contributed by atoms with Crippen LogP contribution in [0.1, 0.15) is 32.1 Å². The van der Waals surface area contributed by atoms with Crippen molar-refractivity contribution in [1.29, 1.82) is 0 Å². The molecule has 0 amide bonds. The monoisotopic (exact) mass is 232 g/mol. The van der Waals surface area contributed by atoms with Crippen molar-refractivity contribution in [1.82, 2.24) is 0 Å². The molecular formula is C10H16S3. The topological polar surface area (TPSA) is 0 Å². The lowest BCUT2D eigenvalue weighted by Crippen LogP contribution is -2.25. The van der Waals surface area contributed by atoms with Gasteiger partial charge in [-0.05, 0) is 11.8 Å². The zero-order valence-electron chi connectivity index (χ0n) is 7.83. The maximum Gasteiger partial charge on any atom is 0.104 e. The maximum atomic E-state index is 5.19. The molecule has 1 saturated heterocycles. The SMILES string of the molecule is S=C1SCC(C2CCCCC2)CS1. The molecule has 1 heterocycles. The van der Waals surface area contributed by atoms with Gasteiger partial charge in [0.15, 0.2) is 0 Å². The lowest BCUT2D eigenvalue weighted by Gasteiger charge is -2.32. The van der Waals surface area contributed by atoms with E-state index in [9.17, 15) is 0 Å². The summed E-state index contributed by atoms with van der Waals surface area (Å²) >= 11 is 9.01. The molecule has 0 N–H and O–H groups in total. The third-order valence-electron chi connectivity index (χ3n) is 3.15. The van der Waals surface area contributed by atoms with Gasteiger partial charge < -0.3 is 0 Å². The Bertz CT molecular complexity index is 175. The Hall–Kier alpha value is 0.790. The zero-order chi connectivity index (χ0) is 9.10. The van der Waals surface area contributed by atoms with Crippen molar-refractivity contribution in [2.45, 2.75) is 32.1 Å².